The fraction of sp³-hybridized carbons (Fsp3) is 0.174. The number of hydrogen-bond acceptors (Lipinski definition) is 5. The minimum atomic E-state index is -0.662. The SMILES string of the molecule is CCN(CC)c1ccc2cc(C(=O)/C=C/c3cccc(C#N)c3)c(=O)oc2c1. The summed E-state index contributed by atoms with van der Waals surface area (Å²) < 4.78 is 5.40. The van der Waals surface area contributed by atoms with Gasteiger partial charge in [0.2, 0.25) is 0 Å². The molecule has 0 saturated carbocycles. The predicted molar refractivity (Wildman–Crippen MR) is 111 cm³/mol. The lowest BCUT2D eigenvalue weighted by molar-refractivity contribution is 0.104. The molecule has 0 unspecified atom stereocenters. The minimum absolute atomic E-state index is 0.0178. The summed E-state index contributed by atoms with van der Waals surface area (Å²) in [5.74, 6) is -0.439. The van der Waals surface area contributed by atoms with E-state index in [0.717, 1.165) is 18.8 Å². The van der Waals surface area contributed by atoms with E-state index in [1.165, 1.54) is 6.08 Å². The third-order valence-corrected chi connectivity index (χ3v) is 4.56. The summed E-state index contributed by atoms with van der Waals surface area (Å²) in [4.78, 5) is 27.0. The van der Waals surface area contributed by atoms with Gasteiger partial charge < -0.3 is 9.32 Å². The second kappa shape index (κ2) is 8.36. The van der Waals surface area contributed by atoms with E-state index in [2.05, 4.69) is 18.7 Å². The number of rotatable bonds is 6. The Morgan fingerprint density at radius 3 is 2.64 bits per heavy atom. The summed E-state index contributed by atoms with van der Waals surface area (Å²) in [7, 11) is 0. The lowest BCUT2D eigenvalue weighted by Crippen LogP contribution is -2.21. The Morgan fingerprint density at radius 1 is 1.14 bits per heavy atom. The molecule has 2 aromatic carbocycles. The summed E-state index contributed by atoms with van der Waals surface area (Å²) in [6, 6.07) is 16.1. The molecule has 0 bridgehead atoms. The van der Waals surface area contributed by atoms with Gasteiger partial charge >= 0.3 is 5.63 Å². The molecule has 0 saturated heterocycles. The van der Waals surface area contributed by atoms with Gasteiger partial charge in [0.15, 0.2) is 5.78 Å². The zero-order valence-electron chi connectivity index (χ0n) is 15.8. The maximum atomic E-state index is 12.5. The van der Waals surface area contributed by atoms with Crippen LogP contribution in [0.5, 0.6) is 0 Å². The second-order valence-electron chi connectivity index (χ2n) is 6.28. The van der Waals surface area contributed by atoms with Crippen molar-refractivity contribution in [1.29, 1.82) is 5.26 Å². The molecule has 5 nitrogen and oxygen atoms in total. The Labute approximate surface area is 163 Å². The van der Waals surface area contributed by atoms with E-state index >= 15 is 0 Å². The molecule has 1 heterocycles. The topological polar surface area (TPSA) is 74.3 Å². The minimum Gasteiger partial charge on any atom is -0.422 e. The van der Waals surface area contributed by atoms with Gasteiger partial charge in [-0.3, -0.25) is 4.79 Å². The molecule has 0 aliphatic carbocycles. The summed E-state index contributed by atoms with van der Waals surface area (Å²) >= 11 is 0. The quantitative estimate of drug-likeness (QED) is 0.364. The maximum Gasteiger partial charge on any atom is 0.347 e. The van der Waals surface area contributed by atoms with Crippen LogP contribution in [0, 0.1) is 11.3 Å². The highest BCUT2D eigenvalue weighted by Gasteiger charge is 2.12. The number of carbonyl (C=O) groups excluding carboxylic acids is 1. The van der Waals surface area contributed by atoms with Crippen LogP contribution in [0.1, 0.15) is 35.3 Å². The summed E-state index contributed by atoms with van der Waals surface area (Å²) in [6.07, 6.45) is 2.90. The van der Waals surface area contributed by atoms with E-state index < -0.39 is 11.4 Å². The van der Waals surface area contributed by atoms with Crippen LogP contribution in [-0.2, 0) is 0 Å². The first-order valence-corrected chi connectivity index (χ1v) is 9.11. The Kier molecular flexibility index (Phi) is 5.71. The van der Waals surface area contributed by atoms with Crippen molar-refractivity contribution in [3.63, 3.8) is 0 Å². The molecular weight excluding hydrogens is 352 g/mol. The van der Waals surface area contributed by atoms with Crippen molar-refractivity contribution < 1.29 is 9.21 Å². The molecule has 0 aliphatic heterocycles. The maximum absolute atomic E-state index is 12.5. The van der Waals surface area contributed by atoms with Crippen LogP contribution in [0.15, 0.2) is 63.8 Å². The van der Waals surface area contributed by atoms with Crippen LogP contribution < -0.4 is 10.5 Å². The molecular formula is C23H20N2O3. The van der Waals surface area contributed by atoms with Crippen molar-refractivity contribution in [3.05, 3.63) is 81.7 Å². The number of fused-ring (bicyclic) bond motifs is 1. The Balaban J connectivity index is 1.92. The largest absolute Gasteiger partial charge is 0.422 e. The smallest absolute Gasteiger partial charge is 0.347 e. The van der Waals surface area contributed by atoms with E-state index in [1.54, 1.807) is 36.4 Å². The molecule has 0 amide bonds. The number of benzene rings is 2. The van der Waals surface area contributed by atoms with Crippen LogP contribution in [0.4, 0.5) is 5.69 Å². The first kappa shape index (κ1) is 19.1. The molecule has 3 aromatic rings. The van der Waals surface area contributed by atoms with Gasteiger partial charge in [0.05, 0.1) is 11.6 Å². The third kappa shape index (κ3) is 4.02. The van der Waals surface area contributed by atoms with E-state index in [0.29, 0.717) is 22.1 Å². The molecule has 5 heteroatoms. The number of nitriles is 1. The summed E-state index contributed by atoms with van der Waals surface area (Å²) in [6.45, 7) is 5.82. The number of hydrogen-bond donors (Lipinski definition) is 0. The Hall–Kier alpha value is -3.65. The zero-order chi connectivity index (χ0) is 20.1. The van der Waals surface area contributed by atoms with Crippen molar-refractivity contribution in [2.24, 2.45) is 0 Å². The summed E-state index contributed by atoms with van der Waals surface area (Å²) in [5, 5.41) is 9.64. The average Bonchev–Trinajstić information content (AvgIpc) is 2.72. The van der Waals surface area contributed by atoms with Crippen molar-refractivity contribution in [2.75, 3.05) is 18.0 Å². The molecule has 140 valence electrons. The first-order chi connectivity index (χ1) is 13.5. The Morgan fingerprint density at radius 2 is 1.93 bits per heavy atom. The zero-order valence-corrected chi connectivity index (χ0v) is 15.8. The van der Waals surface area contributed by atoms with Crippen molar-refractivity contribution in [1.82, 2.24) is 0 Å². The van der Waals surface area contributed by atoms with Gasteiger partial charge in [-0.2, -0.15) is 5.26 Å². The summed E-state index contributed by atoms with van der Waals surface area (Å²) in [5.41, 5.74) is 1.96. The van der Waals surface area contributed by atoms with Gasteiger partial charge in [-0.25, -0.2) is 4.79 Å². The van der Waals surface area contributed by atoms with E-state index in [4.69, 9.17) is 9.68 Å². The van der Waals surface area contributed by atoms with Crippen LogP contribution in [-0.4, -0.2) is 18.9 Å². The van der Waals surface area contributed by atoms with E-state index in [9.17, 15) is 9.59 Å². The fourth-order valence-corrected chi connectivity index (χ4v) is 3.03. The molecule has 3 rings (SSSR count). The number of anilines is 1. The molecule has 0 N–H and O–H groups in total. The highest BCUT2D eigenvalue weighted by molar-refractivity contribution is 6.07. The molecule has 0 radical (unpaired) electrons. The van der Waals surface area contributed by atoms with Crippen LogP contribution in [0.3, 0.4) is 0 Å². The van der Waals surface area contributed by atoms with Crippen LogP contribution in [0.25, 0.3) is 17.0 Å². The van der Waals surface area contributed by atoms with E-state index in [-0.39, 0.29) is 5.56 Å². The normalized spacial score (nSPS) is 10.9. The van der Waals surface area contributed by atoms with Crippen LogP contribution >= 0.6 is 0 Å². The van der Waals surface area contributed by atoms with Gasteiger partial charge in [-0.05, 0) is 55.8 Å². The molecule has 28 heavy (non-hydrogen) atoms. The number of nitrogens with zero attached hydrogens (tertiary/aromatic N) is 2. The van der Waals surface area contributed by atoms with Crippen LogP contribution in [0.2, 0.25) is 0 Å². The lowest BCUT2D eigenvalue weighted by atomic mass is 10.1. The van der Waals surface area contributed by atoms with Gasteiger partial charge in [-0.1, -0.05) is 18.2 Å². The Bertz CT molecular complexity index is 1150. The molecule has 1 aromatic heterocycles. The van der Waals surface area contributed by atoms with Gasteiger partial charge in [-0.15, -0.1) is 0 Å². The third-order valence-electron chi connectivity index (χ3n) is 4.56. The monoisotopic (exact) mass is 372 g/mol. The number of carbonyl (C=O) groups is 1. The second-order valence-corrected chi connectivity index (χ2v) is 6.28. The highest BCUT2D eigenvalue weighted by Crippen LogP contribution is 2.22. The highest BCUT2D eigenvalue weighted by atomic mass is 16.4. The molecule has 0 spiro atoms. The number of allylic oxidation sites excluding steroid dienone is 1. The van der Waals surface area contributed by atoms with Crippen molar-refractivity contribution in [2.45, 2.75) is 13.8 Å². The first-order valence-electron chi connectivity index (χ1n) is 9.11. The van der Waals surface area contributed by atoms with Crippen molar-refractivity contribution in [3.8, 4) is 6.07 Å². The predicted octanol–water partition coefficient (Wildman–Crippen LogP) is 4.41. The van der Waals surface area contributed by atoms with Gasteiger partial charge in [0.25, 0.3) is 0 Å². The van der Waals surface area contributed by atoms with E-state index in [1.807, 2.05) is 24.3 Å². The average molecular weight is 372 g/mol. The number of ketones is 1. The molecule has 0 fully saturated rings. The van der Waals surface area contributed by atoms with Crippen molar-refractivity contribution >= 4 is 28.5 Å². The molecule has 0 atom stereocenters. The standard InChI is InChI=1S/C23H20N2O3/c1-3-25(4-2)19-10-9-18-13-20(23(27)28-22(18)14-19)21(26)11-8-16-6-5-7-17(12-16)15-24/h5-14H,3-4H2,1-2H3/b11-8+. The lowest BCUT2D eigenvalue weighted by Gasteiger charge is -2.20. The van der Waals surface area contributed by atoms with Gasteiger partial charge in [0.1, 0.15) is 11.1 Å². The van der Waals surface area contributed by atoms with Gasteiger partial charge in [0, 0.05) is 30.2 Å². The molecule has 0 aliphatic rings. The fourth-order valence-electron chi connectivity index (χ4n) is 3.03.